The van der Waals surface area contributed by atoms with E-state index >= 15 is 0 Å². The number of aromatic nitrogens is 6. The standard InChI is InChI=1S/C45H28N6/c1-7-22-37-31(16-1)32-17-2-8-23-38(32)49(37)30-15-13-14-29(28-30)43-46-44(50-39-24-9-3-18-33(39)34-19-4-10-25-40(34)50)48-45(47-43)51-41-26-11-5-20-35(41)36-21-6-12-27-42(36)51/h1-28H/i3D,4D,5D,6D,9D,10D,11D,12D,18D,19D,20D,21D,24D,25D,26D,27D. The highest BCUT2D eigenvalue weighted by atomic mass is 15.3. The van der Waals surface area contributed by atoms with E-state index in [1.54, 1.807) is 18.2 Å². The monoisotopic (exact) mass is 668 g/mol. The SMILES string of the molecule is [2H]c1c([2H])c([2H])c2c(c1[2H])c1c([2H])c([2H])c([2H])c([2H])c1n2-c1nc(-c2cccc(-n3c4ccccc4c4ccccc43)c2)nc(-n2c3c([2H])c([2H])c([2H])c([2H])c3c3c([2H])c([2H])c([2H])c([2H])c32)n1. The first kappa shape index (κ1) is 16.6. The summed E-state index contributed by atoms with van der Waals surface area (Å²) in [7, 11) is 0. The average Bonchev–Trinajstić information content (AvgIpc) is 4.01. The second-order valence-electron chi connectivity index (χ2n) is 11.7. The molecule has 0 amide bonds. The molecule has 0 spiro atoms. The largest absolute Gasteiger partial charge is 0.309 e. The minimum Gasteiger partial charge on any atom is -0.309 e. The first-order chi connectivity index (χ1) is 32.0. The summed E-state index contributed by atoms with van der Waals surface area (Å²) in [5, 5.41) is 0.924. The van der Waals surface area contributed by atoms with Gasteiger partial charge in [-0.05, 0) is 48.4 Å². The maximum atomic E-state index is 9.18. The molecule has 238 valence electrons. The van der Waals surface area contributed by atoms with Gasteiger partial charge in [0.15, 0.2) is 5.82 Å². The Labute approximate surface area is 314 Å². The molecule has 0 saturated carbocycles. The molecule has 0 saturated heterocycles. The second kappa shape index (κ2) is 10.7. The van der Waals surface area contributed by atoms with Gasteiger partial charge in [-0.25, -0.2) is 0 Å². The van der Waals surface area contributed by atoms with Crippen LogP contribution in [-0.4, -0.2) is 28.7 Å². The Morgan fingerprint density at radius 3 is 1.27 bits per heavy atom. The molecule has 11 aromatic rings. The smallest absolute Gasteiger partial charge is 0.240 e. The van der Waals surface area contributed by atoms with Crippen LogP contribution < -0.4 is 0 Å². The minimum atomic E-state index is -0.695. The van der Waals surface area contributed by atoms with Gasteiger partial charge >= 0.3 is 0 Å². The van der Waals surface area contributed by atoms with Crippen LogP contribution in [0, 0.1) is 0 Å². The van der Waals surface area contributed by atoms with Crippen molar-refractivity contribution in [3.8, 4) is 29.0 Å². The van der Waals surface area contributed by atoms with Gasteiger partial charge in [-0.1, -0.05) is 121 Å². The molecule has 4 heterocycles. The summed E-state index contributed by atoms with van der Waals surface area (Å²) < 4.78 is 146. The molecule has 51 heavy (non-hydrogen) atoms. The lowest BCUT2D eigenvalue weighted by Crippen LogP contribution is -2.10. The molecule has 0 fully saturated rings. The van der Waals surface area contributed by atoms with Crippen LogP contribution in [0.15, 0.2) is 169 Å². The predicted octanol–water partition coefficient (Wildman–Crippen LogP) is 10.8. The molecular formula is C45H28N6. The third-order valence-electron chi connectivity index (χ3n) is 9.02. The molecule has 6 nitrogen and oxygen atoms in total. The molecule has 7 aromatic carbocycles. The summed E-state index contributed by atoms with van der Waals surface area (Å²) in [6.07, 6.45) is 0. The van der Waals surface area contributed by atoms with E-state index in [2.05, 4.69) is 0 Å². The van der Waals surface area contributed by atoms with E-state index in [9.17, 15) is 5.48 Å². The molecule has 0 unspecified atom stereocenters. The molecule has 0 radical (unpaired) electrons. The van der Waals surface area contributed by atoms with Gasteiger partial charge in [-0.3, -0.25) is 9.13 Å². The summed E-state index contributed by atoms with van der Waals surface area (Å²) in [6.45, 7) is 0. The topological polar surface area (TPSA) is 53.5 Å². The maximum absolute atomic E-state index is 9.18. The zero-order valence-corrected chi connectivity index (χ0v) is 26.1. The normalized spacial score (nSPS) is 16.3. The minimum absolute atomic E-state index is 0.143. The van der Waals surface area contributed by atoms with Gasteiger partial charge in [-0.15, -0.1) is 0 Å². The molecule has 0 aliphatic carbocycles. The zero-order valence-electron chi connectivity index (χ0n) is 42.1. The van der Waals surface area contributed by atoms with E-state index in [0.29, 0.717) is 11.3 Å². The molecule has 11 rings (SSSR count). The average molecular weight is 669 g/mol. The van der Waals surface area contributed by atoms with Crippen LogP contribution in [0.4, 0.5) is 0 Å². The van der Waals surface area contributed by atoms with Crippen LogP contribution in [-0.2, 0) is 0 Å². The first-order valence-electron chi connectivity index (χ1n) is 23.8. The highest BCUT2D eigenvalue weighted by Gasteiger charge is 2.21. The fraction of sp³-hybridized carbons (Fsp3) is 0. The van der Waals surface area contributed by atoms with Crippen molar-refractivity contribution < 1.29 is 21.9 Å². The Balaban J connectivity index is 1.34. The number of rotatable bonds is 4. The van der Waals surface area contributed by atoms with Crippen molar-refractivity contribution >= 4 is 65.4 Å². The van der Waals surface area contributed by atoms with E-state index in [-0.39, 0.29) is 49.4 Å². The number of hydrogen-bond donors (Lipinski definition) is 0. The third-order valence-corrected chi connectivity index (χ3v) is 9.02. The van der Waals surface area contributed by atoms with Crippen molar-refractivity contribution in [3.63, 3.8) is 0 Å². The molecule has 0 bridgehead atoms. The highest BCUT2D eigenvalue weighted by molar-refractivity contribution is 6.11. The van der Waals surface area contributed by atoms with Crippen LogP contribution in [0.3, 0.4) is 0 Å². The molecule has 0 atom stereocenters. The summed E-state index contributed by atoms with van der Waals surface area (Å²) in [5.41, 5.74) is 1.45. The van der Waals surface area contributed by atoms with E-state index in [1.165, 1.54) is 0 Å². The van der Waals surface area contributed by atoms with Gasteiger partial charge < -0.3 is 4.57 Å². The lowest BCUT2D eigenvalue weighted by Gasteiger charge is -2.13. The van der Waals surface area contributed by atoms with Crippen LogP contribution in [0.25, 0.3) is 94.4 Å². The Kier molecular flexibility index (Phi) is 3.48. The van der Waals surface area contributed by atoms with Crippen LogP contribution in [0.1, 0.15) is 21.9 Å². The highest BCUT2D eigenvalue weighted by Crippen LogP contribution is 2.36. The molecule has 0 aliphatic heterocycles. The molecule has 6 heteroatoms. The van der Waals surface area contributed by atoms with Crippen molar-refractivity contribution in [2.24, 2.45) is 0 Å². The molecule has 0 aliphatic rings. The number of fused-ring (bicyclic) bond motifs is 9. The Hall–Kier alpha value is -7.05. The van der Waals surface area contributed by atoms with Crippen molar-refractivity contribution in [2.45, 2.75) is 0 Å². The van der Waals surface area contributed by atoms with Crippen LogP contribution >= 0.6 is 0 Å². The Bertz CT molecular complexity index is 3690. The zero-order chi connectivity index (χ0) is 47.4. The quantitative estimate of drug-likeness (QED) is 0.188. The Morgan fingerprint density at radius 2 is 0.804 bits per heavy atom. The van der Waals surface area contributed by atoms with Gasteiger partial charge in [0.2, 0.25) is 11.9 Å². The molecular weight excluding hydrogens is 625 g/mol. The number of benzene rings is 7. The number of nitrogens with zero attached hydrogens (tertiary/aromatic N) is 6. The summed E-state index contributed by atoms with van der Waals surface area (Å²) in [6, 6.07) is 12.3. The van der Waals surface area contributed by atoms with Gasteiger partial charge in [-0.2, -0.15) is 15.0 Å². The fourth-order valence-corrected chi connectivity index (χ4v) is 6.91. The second-order valence-corrected chi connectivity index (χ2v) is 11.7. The fourth-order valence-electron chi connectivity index (χ4n) is 6.91. The van der Waals surface area contributed by atoms with Crippen LogP contribution in [0.2, 0.25) is 0 Å². The third kappa shape index (κ3) is 4.07. The van der Waals surface area contributed by atoms with E-state index < -0.39 is 109 Å². The first-order valence-corrected chi connectivity index (χ1v) is 15.8. The van der Waals surface area contributed by atoms with Crippen molar-refractivity contribution in [2.75, 3.05) is 0 Å². The lowest BCUT2D eigenvalue weighted by atomic mass is 10.2. The van der Waals surface area contributed by atoms with Crippen molar-refractivity contribution in [1.29, 1.82) is 0 Å². The van der Waals surface area contributed by atoms with E-state index in [4.69, 9.17) is 31.4 Å². The Morgan fingerprint density at radius 1 is 0.373 bits per heavy atom. The number of para-hydroxylation sites is 6. The summed E-state index contributed by atoms with van der Waals surface area (Å²) in [5.74, 6) is -1.07. The maximum Gasteiger partial charge on any atom is 0.240 e. The number of hydrogen-bond acceptors (Lipinski definition) is 3. The van der Waals surface area contributed by atoms with Gasteiger partial charge in [0, 0.05) is 43.6 Å². The predicted molar refractivity (Wildman–Crippen MR) is 208 cm³/mol. The van der Waals surface area contributed by atoms with Gasteiger partial charge in [0.05, 0.1) is 55.0 Å². The van der Waals surface area contributed by atoms with Crippen molar-refractivity contribution in [3.05, 3.63) is 169 Å². The van der Waals surface area contributed by atoms with Gasteiger partial charge in [0.1, 0.15) is 0 Å². The molecule has 4 aromatic heterocycles. The van der Waals surface area contributed by atoms with Crippen LogP contribution in [0.5, 0.6) is 0 Å². The lowest BCUT2D eigenvalue weighted by molar-refractivity contribution is 0.892. The molecule has 0 N–H and O–H groups in total. The van der Waals surface area contributed by atoms with E-state index in [1.807, 2.05) is 59.2 Å². The van der Waals surface area contributed by atoms with E-state index in [0.717, 1.165) is 30.9 Å². The summed E-state index contributed by atoms with van der Waals surface area (Å²) in [4.78, 5) is 14.5. The summed E-state index contributed by atoms with van der Waals surface area (Å²) >= 11 is 0. The van der Waals surface area contributed by atoms with Gasteiger partial charge in [0.25, 0.3) is 0 Å². The van der Waals surface area contributed by atoms with Crippen molar-refractivity contribution in [1.82, 2.24) is 28.7 Å².